The molecule has 1 aromatic carbocycles. The fourth-order valence-electron chi connectivity index (χ4n) is 5.05. The fraction of sp³-hybridized carbons (Fsp3) is 0.516. The van der Waals surface area contributed by atoms with Gasteiger partial charge in [-0.05, 0) is 37.0 Å². The lowest BCUT2D eigenvalue weighted by Gasteiger charge is -2.47. The van der Waals surface area contributed by atoms with Crippen molar-refractivity contribution in [2.75, 3.05) is 19.8 Å². The summed E-state index contributed by atoms with van der Waals surface area (Å²) >= 11 is 0. The van der Waals surface area contributed by atoms with Gasteiger partial charge in [0, 0.05) is 11.5 Å². The maximum atomic E-state index is 13.2. The van der Waals surface area contributed by atoms with Gasteiger partial charge in [-0.2, -0.15) is 0 Å². The summed E-state index contributed by atoms with van der Waals surface area (Å²) in [4.78, 5) is 39.6. The van der Waals surface area contributed by atoms with Crippen molar-refractivity contribution in [2.45, 2.75) is 73.0 Å². The topological polar surface area (TPSA) is 91.4 Å². The number of β-lactam (4-membered cyclic amide) rings is 1. The molecule has 3 rings (SSSR count). The monoisotopic (exact) mass is 541 g/mol. The minimum atomic E-state index is -0.870. The van der Waals surface area contributed by atoms with Crippen LogP contribution in [0.25, 0.3) is 0 Å². The molecule has 0 saturated carbocycles. The maximum absolute atomic E-state index is 13.2. The number of benzene rings is 1. The molecule has 0 bridgehead atoms. The predicted molar refractivity (Wildman–Crippen MR) is 150 cm³/mol. The molecule has 1 fully saturated rings. The van der Waals surface area contributed by atoms with Gasteiger partial charge in [-0.1, -0.05) is 78.5 Å². The number of ether oxygens (including phenoxy) is 4. The number of carbonyl (C=O) groups excluding carboxylic acids is 3. The summed E-state index contributed by atoms with van der Waals surface area (Å²) in [5, 5.41) is 0. The van der Waals surface area contributed by atoms with Crippen molar-refractivity contribution < 1.29 is 33.3 Å². The van der Waals surface area contributed by atoms with Crippen LogP contribution in [0.1, 0.15) is 59.1 Å². The molecule has 0 aliphatic carbocycles. The summed E-state index contributed by atoms with van der Waals surface area (Å²) < 4.78 is 21.8. The van der Waals surface area contributed by atoms with E-state index in [1.807, 2.05) is 26.8 Å². The van der Waals surface area contributed by atoms with Crippen LogP contribution in [0.15, 0.2) is 54.8 Å². The Morgan fingerprint density at radius 2 is 1.77 bits per heavy atom. The van der Waals surface area contributed by atoms with Crippen LogP contribution in [0.5, 0.6) is 5.75 Å². The lowest BCUT2D eigenvalue weighted by Crippen LogP contribution is -2.64. The Morgan fingerprint density at radius 3 is 2.38 bits per heavy atom. The highest BCUT2D eigenvalue weighted by atomic mass is 16.7. The van der Waals surface area contributed by atoms with Crippen LogP contribution in [0.2, 0.25) is 0 Å². The summed E-state index contributed by atoms with van der Waals surface area (Å²) in [6, 6.07) is 5.81. The Morgan fingerprint density at radius 1 is 1.10 bits per heavy atom. The summed E-state index contributed by atoms with van der Waals surface area (Å²) in [7, 11) is 0. The molecule has 2 aliphatic heterocycles. The van der Waals surface area contributed by atoms with Gasteiger partial charge < -0.3 is 23.8 Å². The van der Waals surface area contributed by atoms with Crippen LogP contribution in [0, 0.1) is 11.8 Å². The largest absolute Gasteiger partial charge is 0.508 e. The minimum absolute atomic E-state index is 0.0115. The molecule has 0 radical (unpaired) electrons. The number of aryl methyl sites for hydroxylation is 2. The molecule has 39 heavy (non-hydrogen) atoms. The number of hydrogen-bond donors (Lipinski definition) is 0. The number of hydrogen-bond acceptors (Lipinski definition) is 7. The van der Waals surface area contributed by atoms with E-state index in [4.69, 9.17) is 18.9 Å². The third kappa shape index (κ3) is 7.11. The van der Waals surface area contributed by atoms with E-state index < -0.39 is 24.1 Å². The van der Waals surface area contributed by atoms with Crippen LogP contribution in [-0.4, -0.2) is 54.9 Å². The van der Waals surface area contributed by atoms with Crippen molar-refractivity contribution in [1.82, 2.24) is 4.90 Å². The highest BCUT2D eigenvalue weighted by Crippen LogP contribution is 2.48. The Labute approximate surface area is 232 Å². The Hall–Kier alpha value is -3.55. The Bertz CT molecular complexity index is 1080. The van der Waals surface area contributed by atoms with E-state index in [0.29, 0.717) is 5.57 Å². The average molecular weight is 542 g/mol. The van der Waals surface area contributed by atoms with Crippen molar-refractivity contribution in [2.24, 2.45) is 11.8 Å². The van der Waals surface area contributed by atoms with E-state index in [1.165, 1.54) is 22.6 Å². The second kappa shape index (κ2) is 15.1. The summed E-state index contributed by atoms with van der Waals surface area (Å²) in [6.45, 7) is 19.1. The van der Waals surface area contributed by atoms with Crippen LogP contribution in [0.3, 0.4) is 0 Å². The van der Waals surface area contributed by atoms with Gasteiger partial charge in [0.1, 0.15) is 37.4 Å². The average Bonchev–Trinajstić information content (AvgIpc) is 3.18. The molecule has 0 N–H and O–H groups in total. The third-order valence-electron chi connectivity index (χ3n) is 6.86. The molecule has 1 amide bonds. The molecule has 0 aromatic heterocycles. The van der Waals surface area contributed by atoms with Gasteiger partial charge in [-0.15, -0.1) is 0 Å². The quantitative estimate of drug-likeness (QED) is 0.177. The van der Waals surface area contributed by atoms with Crippen molar-refractivity contribution >= 4 is 18.0 Å². The van der Waals surface area contributed by atoms with Crippen LogP contribution < -0.4 is 4.74 Å². The summed E-state index contributed by atoms with van der Waals surface area (Å²) in [6.07, 6.45) is 4.16. The molecule has 1 aromatic rings. The fourth-order valence-corrected chi connectivity index (χ4v) is 5.05. The number of esters is 1. The van der Waals surface area contributed by atoms with Crippen molar-refractivity contribution in [3.8, 4) is 5.75 Å². The molecule has 4 atom stereocenters. The molecule has 4 unspecified atom stereocenters. The first-order chi connectivity index (χ1) is 18.8. The minimum Gasteiger partial charge on any atom is -0.489 e. The SMILES string of the molecule is C=CCOC(=O)OC(C)C1C(=O)N2C(C(=O)OCC=C)=C(COc3ccc(CCC)cc3CC)C(C)C12.CC. The van der Waals surface area contributed by atoms with Crippen molar-refractivity contribution in [3.05, 3.63) is 65.9 Å². The second-order valence-corrected chi connectivity index (χ2v) is 9.28. The highest BCUT2D eigenvalue weighted by molar-refractivity contribution is 6.01. The van der Waals surface area contributed by atoms with Crippen LogP contribution in [0.4, 0.5) is 4.79 Å². The zero-order valence-corrected chi connectivity index (χ0v) is 24.2. The Kier molecular flexibility index (Phi) is 12.3. The van der Waals surface area contributed by atoms with Gasteiger partial charge in [0.05, 0.1) is 12.0 Å². The molecule has 8 nitrogen and oxygen atoms in total. The van der Waals surface area contributed by atoms with E-state index in [9.17, 15) is 14.4 Å². The molecule has 1 saturated heterocycles. The van der Waals surface area contributed by atoms with E-state index in [2.05, 4.69) is 39.1 Å². The lowest BCUT2D eigenvalue weighted by atomic mass is 9.77. The van der Waals surface area contributed by atoms with Gasteiger partial charge in [0.25, 0.3) is 0 Å². The standard InChI is InChI=1S/C29H37NO7.C2H6/c1-7-11-20-12-13-23(21(10-4)16-20)36-17-22-18(5)25-24(19(6)37-29(33)35-15-9-3)27(31)30(25)26(22)28(32)34-14-8-2;1-2/h8-9,12-13,16,18-19,24-25H,2-3,7,10-11,14-15,17H2,1,4-6H3;1-2H3. The highest BCUT2D eigenvalue weighted by Gasteiger charge is 2.61. The molecule has 214 valence electrons. The number of nitrogens with zero attached hydrogens (tertiary/aromatic N) is 1. The molecule has 0 spiro atoms. The summed E-state index contributed by atoms with van der Waals surface area (Å²) in [5.41, 5.74) is 3.22. The summed E-state index contributed by atoms with van der Waals surface area (Å²) in [5.74, 6) is -0.994. The van der Waals surface area contributed by atoms with Crippen LogP contribution in [-0.2, 0) is 36.6 Å². The van der Waals surface area contributed by atoms with Gasteiger partial charge in [0.2, 0.25) is 5.91 Å². The third-order valence-corrected chi connectivity index (χ3v) is 6.86. The smallest absolute Gasteiger partial charge is 0.489 e. The van der Waals surface area contributed by atoms with Gasteiger partial charge >= 0.3 is 12.1 Å². The van der Waals surface area contributed by atoms with Crippen LogP contribution >= 0.6 is 0 Å². The number of carbonyl (C=O) groups is 3. The van der Waals surface area contributed by atoms with E-state index in [0.717, 1.165) is 30.6 Å². The first-order valence-electron chi connectivity index (χ1n) is 13.8. The molecular formula is C31H43NO7. The zero-order valence-electron chi connectivity index (χ0n) is 24.2. The molecular weight excluding hydrogens is 498 g/mol. The maximum Gasteiger partial charge on any atom is 0.508 e. The Balaban J connectivity index is 0.00000260. The van der Waals surface area contributed by atoms with Crippen molar-refractivity contribution in [1.29, 1.82) is 0 Å². The molecule has 8 heteroatoms. The van der Waals surface area contributed by atoms with E-state index >= 15 is 0 Å². The van der Waals surface area contributed by atoms with E-state index in [-0.39, 0.29) is 43.4 Å². The van der Waals surface area contributed by atoms with Gasteiger partial charge in [-0.25, -0.2) is 9.59 Å². The van der Waals surface area contributed by atoms with E-state index in [1.54, 1.807) is 6.92 Å². The molecule has 2 aliphatic rings. The normalized spacial score (nSPS) is 20.1. The first kappa shape index (κ1) is 31.7. The first-order valence-corrected chi connectivity index (χ1v) is 13.8. The number of fused-ring (bicyclic) bond motifs is 1. The van der Waals surface area contributed by atoms with Gasteiger partial charge in [-0.3, -0.25) is 4.79 Å². The lowest BCUT2D eigenvalue weighted by molar-refractivity contribution is -0.164. The zero-order chi connectivity index (χ0) is 29.1. The second-order valence-electron chi connectivity index (χ2n) is 9.28. The van der Waals surface area contributed by atoms with Crippen molar-refractivity contribution in [3.63, 3.8) is 0 Å². The number of amides is 1. The number of rotatable bonds is 13. The predicted octanol–water partition coefficient (Wildman–Crippen LogP) is 5.79. The molecule has 2 heterocycles. The van der Waals surface area contributed by atoms with Gasteiger partial charge in [0.15, 0.2) is 0 Å².